The summed E-state index contributed by atoms with van der Waals surface area (Å²) in [5.41, 5.74) is 5.47. The van der Waals surface area contributed by atoms with Crippen LogP contribution in [0.1, 0.15) is 61.8 Å². The number of hydrogen-bond acceptors (Lipinski definition) is 0. The zero-order valence-electron chi connectivity index (χ0n) is 13.4. The predicted molar refractivity (Wildman–Crippen MR) is 92.6 cm³/mol. The van der Waals surface area contributed by atoms with E-state index in [1.54, 1.807) is 0 Å². The van der Waals surface area contributed by atoms with E-state index in [0.717, 1.165) is 0 Å². The first-order valence-electron chi connectivity index (χ1n) is 8.34. The molecule has 111 valence electrons. The Morgan fingerprint density at radius 1 is 0.619 bits per heavy atom. The van der Waals surface area contributed by atoms with Crippen LogP contribution in [0.2, 0.25) is 0 Å². The number of hydrogen-bond donors (Lipinski definition) is 0. The molecule has 0 heterocycles. The molecule has 2 aromatic rings. The molecule has 0 atom stereocenters. The van der Waals surface area contributed by atoms with Gasteiger partial charge in [-0.05, 0) is 47.9 Å². The fraction of sp³-hybridized carbons (Fsp3) is 0.381. The van der Waals surface area contributed by atoms with Crippen molar-refractivity contribution >= 4 is 0 Å². The average Bonchev–Trinajstić information content (AvgIpc) is 2.53. The maximum absolute atomic E-state index is 2.26. The second-order valence-electron chi connectivity index (χ2n) is 5.83. The zero-order valence-corrected chi connectivity index (χ0v) is 13.4. The summed E-state index contributed by atoms with van der Waals surface area (Å²) in [6, 6.07) is 18.0. The van der Waals surface area contributed by atoms with Crippen LogP contribution in [0.5, 0.6) is 0 Å². The Hall–Kier alpha value is -1.56. The van der Waals surface area contributed by atoms with Crippen LogP contribution in [-0.2, 0) is 12.8 Å². The maximum atomic E-state index is 2.26. The molecule has 0 aliphatic heterocycles. The second-order valence-corrected chi connectivity index (χ2v) is 5.83. The third-order valence-corrected chi connectivity index (χ3v) is 3.93. The van der Waals surface area contributed by atoms with Crippen molar-refractivity contribution in [2.45, 2.75) is 52.4 Å². The number of unbranched alkanes of at least 4 members (excludes halogenated alkanes) is 2. The summed E-state index contributed by atoms with van der Waals surface area (Å²) >= 11 is 0. The lowest BCUT2D eigenvalue weighted by molar-refractivity contribution is 0.795. The minimum absolute atomic E-state index is 1.20. The Kier molecular flexibility index (Phi) is 6.53. The second kappa shape index (κ2) is 8.67. The van der Waals surface area contributed by atoms with Crippen molar-refractivity contribution in [3.63, 3.8) is 0 Å². The quantitative estimate of drug-likeness (QED) is 0.558. The van der Waals surface area contributed by atoms with Gasteiger partial charge in [0.05, 0.1) is 0 Å². The Balaban J connectivity index is 1.91. The van der Waals surface area contributed by atoms with Gasteiger partial charge in [-0.3, -0.25) is 0 Å². The molecule has 0 aliphatic rings. The van der Waals surface area contributed by atoms with Crippen molar-refractivity contribution in [1.29, 1.82) is 0 Å². The van der Waals surface area contributed by atoms with E-state index in [1.807, 2.05) is 0 Å². The molecule has 0 saturated carbocycles. The summed E-state index contributed by atoms with van der Waals surface area (Å²) in [4.78, 5) is 0. The summed E-state index contributed by atoms with van der Waals surface area (Å²) < 4.78 is 0. The van der Waals surface area contributed by atoms with Crippen LogP contribution in [0.15, 0.2) is 48.5 Å². The van der Waals surface area contributed by atoms with Gasteiger partial charge >= 0.3 is 0 Å². The van der Waals surface area contributed by atoms with E-state index in [2.05, 4.69) is 68.8 Å². The highest BCUT2D eigenvalue weighted by atomic mass is 14.0. The van der Waals surface area contributed by atoms with E-state index in [1.165, 1.54) is 60.8 Å². The molecule has 2 rings (SSSR count). The lowest BCUT2D eigenvalue weighted by atomic mass is 10.00. The Bertz CT molecular complexity index is 455. The van der Waals surface area contributed by atoms with Crippen molar-refractivity contribution < 1.29 is 0 Å². The van der Waals surface area contributed by atoms with Crippen molar-refractivity contribution in [3.8, 4) is 0 Å². The van der Waals surface area contributed by atoms with Crippen LogP contribution in [0.25, 0.3) is 0 Å². The maximum Gasteiger partial charge on any atom is 0.0199 e. The lowest BCUT2D eigenvalue weighted by Crippen LogP contribution is -1.90. The van der Waals surface area contributed by atoms with E-state index in [0.29, 0.717) is 0 Å². The van der Waals surface area contributed by atoms with Gasteiger partial charge < -0.3 is 0 Å². The van der Waals surface area contributed by atoms with Crippen molar-refractivity contribution in [2.75, 3.05) is 0 Å². The predicted octanol–water partition coefficient (Wildman–Crippen LogP) is 5.97. The van der Waals surface area contributed by atoms with E-state index < -0.39 is 0 Å². The molecular weight excluding hydrogens is 252 g/mol. The largest absolute Gasteiger partial charge is 0.0654 e. The topological polar surface area (TPSA) is 0 Å². The summed E-state index contributed by atoms with van der Waals surface area (Å²) in [7, 11) is 0. The minimum Gasteiger partial charge on any atom is -0.0654 e. The molecule has 0 saturated heterocycles. The molecule has 0 spiro atoms. The highest BCUT2D eigenvalue weighted by molar-refractivity contribution is 5.39. The summed E-state index contributed by atoms with van der Waals surface area (Å²) in [6.45, 7) is 4.48. The fourth-order valence-electron chi connectivity index (χ4n) is 2.52. The van der Waals surface area contributed by atoms with E-state index in [9.17, 15) is 0 Å². The molecule has 0 N–H and O–H groups in total. The number of benzene rings is 2. The lowest BCUT2D eigenvalue weighted by Gasteiger charge is -2.05. The first kappa shape index (κ1) is 15.8. The van der Waals surface area contributed by atoms with Crippen LogP contribution in [0.3, 0.4) is 0 Å². The molecule has 0 nitrogen and oxygen atoms in total. The van der Waals surface area contributed by atoms with Gasteiger partial charge in [-0.15, -0.1) is 0 Å². The molecule has 1 radical (unpaired) electrons. The molecule has 2 aromatic carbocycles. The standard InChI is InChI=1S/C21H27/c1-3-5-7-18-9-13-20(14-10-18)17-21-15-11-19(12-16-21)8-6-4-2/h9-17H,3-8H2,1-2H3. The van der Waals surface area contributed by atoms with E-state index in [4.69, 9.17) is 0 Å². The van der Waals surface area contributed by atoms with Gasteiger partial charge in [0, 0.05) is 6.42 Å². The first-order chi connectivity index (χ1) is 10.3. The summed E-state index contributed by atoms with van der Waals surface area (Å²) in [6.07, 6.45) is 9.74. The highest BCUT2D eigenvalue weighted by Crippen LogP contribution is 2.15. The van der Waals surface area contributed by atoms with E-state index in [-0.39, 0.29) is 0 Å². The molecule has 0 amide bonds. The van der Waals surface area contributed by atoms with Crippen LogP contribution in [0, 0.1) is 6.42 Å². The SMILES string of the molecule is CCCCc1ccc([CH]c2ccc(CCCC)cc2)cc1. The first-order valence-corrected chi connectivity index (χ1v) is 8.34. The van der Waals surface area contributed by atoms with Crippen LogP contribution >= 0.6 is 0 Å². The highest BCUT2D eigenvalue weighted by Gasteiger charge is 1.99. The molecule has 0 heteroatoms. The zero-order chi connectivity index (χ0) is 14.9. The van der Waals surface area contributed by atoms with Gasteiger partial charge in [-0.25, -0.2) is 0 Å². The third-order valence-electron chi connectivity index (χ3n) is 3.93. The smallest absolute Gasteiger partial charge is 0.0199 e. The monoisotopic (exact) mass is 279 g/mol. The Labute approximate surface area is 130 Å². The van der Waals surface area contributed by atoms with E-state index >= 15 is 0 Å². The van der Waals surface area contributed by atoms with Gasteiger partial charge in [0.2, 0.25) is 0 Å². The Morgan fingerprint density at radius 2 is 1.00 bits per heavy atom. The van der Waals surface area contributed by atoms with Gasteiger partial charge in [0.15, 0.2) is 0 Å². The molecule has 0 aliphatic carbocycles. The normalized spacial score (nSPS) is 10.8. The molecule has 0 unspecified atom stereocenters. The fourth-order valence-corrected chi connectivity index (χ4v) is 2.52. The van der Waals surface area contributed by atoms with Gasteiger partial charge in [-0.2, -0.15) is 0 Å². The summed E-state index contributed by atoms with van der Waals surface area (Å²) in [5.74, 6) is 0. The van der Waals surface area contributed by atoms with Gasteiger partial charge in [0.25, 0.3) is 0 Å². The molecule has 21 heavy (non-hydrogen) atoms. The number of aryl methyl sites for hydroxylation is 2. The van der Waals surface area contributed by atoms with Crippen molar-refractivity contribution in [1.82, 2.24) is 0 Å². The van der Waals surface area contributed by atoms with Gasteiger partial charge in [-0.1, -0.05) is 75.2 Å². The van der Waals surface area contributed by atoms with Crippen LogP contribution < -0.4 is 0 Å². The third kappa shape index (κ3) is 5.38. The van der Waals surface area contributed by atoms with Gasteiger partial charge in [0.1, 0.15) is 0 Å². The molecular formula is C21H27. The molecule has 0 aromatic heterocycles. The molecule has 0 bridgehead atoms. The van der Waals surface area contributed by atoms with Crippen molar-refractivity contribution in [2.24, 2.45) is 0 Å². The summed E-state index contributed by atoms with van der Waals surface area (Å²) in [5, 5.41) is 0. The number of rotatable bonds is 8. The van der Waals surface area contributed by atoms with Crippen LogP contribution in [-0.4, -0.2) is 0 Å². The molecule has 0 fully saturated rings. The Morgan fingerprint density at radius 3 is 1.33 bits per heavy atom. The van der Waals surface area contributed by atoms with Crippen LogP contribution in [0.4, 0.5) is 0 Å². The minimum atomic E-state index is 1.20. The average molecular weight is 279 g/mol. The van der Waals surface area contributed by atoms with Crippen molar-refractivity contribution in [3.05, 3.63) is 77.2 Å².